The normalized spacial score (nSPS) is 12.1. The maximum Gasteiger partial charge on any atom is 0.325 e. The van der Waals surface area contributed by atoms with Crippen molar-refractivity contribution >= 4 is 5.78 Å². The molecular formula is C13H27O3Ti+. The van der Waals surface area contributed by atoms with Gasteiger partial charge in [0.1, 0.15) is 5.76 Å². The van der Waals surface area contributed by atoms with Crippen LogP contribution < -0.4 is 0 Å². The molecule has 100 valence electrons. The molecule has 3 nitrogen and oxygen atoms in total. The number of hydrogen-bond acceptors (Lipinski definition) is 2. The number of carbonyl (C=O) groups excluding carboxylic acids is 1. The van der Waals surface area contributed by atoms with Gasteiger partial charge in [0.05, 0.1) is 11.5 Å². The van der Waals surface area contributed by atoms with Crippen LogP contribution in [0.1, 0.15) is 48.5 Å². The van der Waals surface area contributed by atoms with Crippen molar-refractivity contribution in [3.05, 3.63) is 11.8 Å². The van der Waals surface area contributed by atoms with Crippen molar-refractivity contribution < 1.29 is 36.7 Å². The second kappa shape index (κ2) is 8.90. The molecule has 17 heavy (non-hydrogen) atoms. The van der Waals surface area contributed by atoms with Crippen LogP contribution >= 0.6 is 0 Å². The summed E-state index contributed by atoms with van der Waals surface area (Å²) in [7, 11) is 0. The zero-order valence-corrected chi connectivity index (χ0v) is 13.7. The number of rotatable bonds is 1. The van der Waals surface area contributed by atoms with Gasteiger partial charge in [-0.15, -0.1) is 0 Å². The van der Waals surface area contributed by atoms with Gasteiger partial charge in [-0.05, 0) is 27.7 Å². The van der Waals surface area contributed by atoms with Crippen molar-refractivity contribution in [1.29, 1.82) is 0 Å². The van der Waals surface area contributed by atoms with Crippen LogP contribution in [-0.2, 0) is 21.7 Å². The topological polar surface area (TPSA) is 61.9 Å². The van der Waals surface area contributed by atoms with Gasteiger partial charge < -0.3 is 10.2 Å². The van der Waals surface area contributed by atoms with Crippen LogP contribution in [0.3, 0.4) is 0 Å². The van der Waals surface area contributed by atoms with E-state index in [-0.39, 0.29) is 50.7 Å². The quantitative estimate of drug-likeness (QED) is 0.335. The van der Waals surface area contributed by atoms with E-state index in [1.807, 2.05) is 41.5 Å². The summed E-state index contributed by atoms with van der Waals surface area (Å²) < 4.78 is 0. The Bertz CT molecular complexity index is 244. The van der Waals surface area contributed by atoms with E-state index in [4.69, 9.17) is 5.11 Å². The van der Waals surface area contributed by atoms with E-state index in [2.05, 4.69) is 0 Å². The molecular weight excluding hydrogens is 252 g/mol. The first kappa shape index (κ1) is 22.1. The molecule has 0 unspecified atom stereocenters. The molecule has 0 aromatic rings. The van der Waals surface area contributed by atoms with Gasteiger partial charge in [-0.25, -0.2) is 0 Å². The van der Waals surface area contributed by atoms with Gasteiger partial charge in [0.15, 0.2) is 0 Å². The van der Waals surface area contributed by atoms with Crippen LogP contribution in [0.25, 0.3) is 0 Å². The molecule has 0 aromatic heterocycles. The molecule has 0 bridgehead atoms. The first-order chi connectivity index (χ1) is 6.96. The van der Waals surface area contributed by atoms with E-state index in [0.717, 1.165) is 0 Å². The summed E-state index contributed by atoms with van der Waals surface area (Å²) in [6, 6.07) is 0. The third-order valence-electron chi connectivity index (χ3n) is 1.81. The predicted molar refractivity (Wildman–Crippen MR) is 69.3 cm³/mol. The molecule has 0 atom stereocenters. The standard InChI is InChI=1S/C11H20O2.C2H6O.Ti/c1-10(2,3)8(12)7-9(13)11(4,5)6;1-2-3;/h7,12H,1-6H3;3H,2H2,1H3;/p+1/b8-7-;;. The van der Waals surface area contributed by atoms with Crippen LogP contribution in [0, 0.1) is 10.8 Å². The van der Waals surface area contributed by atoms with Gasteiger partial charge in [0, 0.05) is 33.7 Å². The molecule has 0 fully saturated rings. The zero-order valence-electron chi connectivity index (χ0n) is 12.1. The summed E-state index contributed by atoms with van der Waals surface area (Å²) in [5.74, 6) is 0.417. The SMILES string of the molecule is CC(C)(C)C(=[OH+])/C=C(\O)C(C)(C)C.CCO.[Ti]. The van der Waals surface area contributed by atoms with Crippen LogP contribution in [0.5, 0.6) is 0 Å². The Hall–Kier alpha value is -0.116. The van der Waals surface area contributed by atoms with Crippen molar-refractivity contribution in [3.63, 3.8) is 0 Å². The molecule has 4 heteroatoms. The minimum Gasteiger partial charge on any atom is -0.511 e. The van der Waals surface area contributed by atoms with Crippen molar-refractivity contribution in [2.45, 2.75) is 48.5 Å². The third-order valence-corrected chi connectivity index (χ3v) is 1.81. The molecule has 0 aliphatic heterocycles. The second-order valence-electron chi connectivity index (χ2n) is 5.73. The van der Waals surface area contributed by atoms with Crippen LogP contribution in [0.15, 0.2) is 11.8 Å². The fourth-order valence-corrected chi connectivity index (χ4v) is 0.563. The largest absolute Gasteiger partial charge is 0.511 e. The molecule has 0 saturated heterocycles. The smallest absolute Gasteiger partial charge is 0.325 e. The monoisotopic (exact) mass is 279 g/mol. The molecule has 0 amide bonds. The van der Waals surface area contributed by atoms with Crippen LogP contribution in [0.4, 0.5) is 0 Å². The van der Waals surface area contributed by atoms with Crippen molar-refractivity contribution in [3.8, 4) is 0 Å². The van der Waals surface area contributed by atoms with E-state index in [1.54, 1.807) is 6.92 Å². The average molecular weight is 279 g/mol. The molecule has 0 aromatic carbocycles. The second-order valence-corrected chi connectivity index (χ2v) is 5.73. The Morgan fingerprint density at radius 3 is 1.53 bits per heavy atom. The van der Waals surface area contributed by atoms with Crippen LogP contribution in [0.2, 0.25) is 0 Å². The molecule has 0 aliphatic rings. The maximum atomic E-state index is 9.60. The first-order valence-corrected chi connectivity index (χ1v) is 5.55. The first-order valence-electron chi connectivity index (χ1n) is 5.55. The Labute approximate surface area is 120 Å². The summed E-state index contributed by atoms with van der Waals surface area (Å²) >= 11 is 0. The minimum absolute atomic E-state index is 0. The maximum absolute atomic E-state index is 9.60. The summed E-state index contributed by atoms with van der Waals surface area (Å²) in [6.45, 7) is 13.3. The molecule has 0 heterocycles. The summed E-state index contributed by atoms with van der Waals surface area (Å²) in [5.41, 5.74) is -0.613. The van der Waals surface area contributed by atoms with Gasteiger partial charge in [0.25, 0.3) is 0 Å². The van der Waals surface area contributed by atoms with Gasteiger partial charge in [-0.1, -0.05) is 20.8 Å². The Morgan fingerprint density at radius 2 is 1.35 bits per heavy atom. The van der Waals surface area contributed by atoms with E-state index < -0.39 is 0 Å². The molecule has 0 spiro atoms. The molecule has 0 radical (unpaired) electrons. The van der Waals surface area contributed by atoms with E-state index in [9.17, 15) is 9.90 Å². The third kappa shape index (κ3) is 12.1. The van der Waals surface area contributed by atoms with Crippen molar-refractivity contribution in [2.75, 3.05) is 6.61 Å². The Kier molecular flexibility index (Phi) is 11.6. The zero-order chi connectivity index (χ0) is 13.6. The number of allylic oxidation sites excluding steroid dienone is 2. The summed E-state index contributed by atoms with van der Waals surface area (Å²) in [4.78, 5) is 9.60. The van der Waals surface area contributed by atoms with E-state index in [0.29, 0.717) is 0 Å². The molecule has 0 rings (SSSR count). The number of hydrogen-bond donors (Lipinski definition) is 2. The average Bonchev–Trinajstić information content (AvgIpc) is 2.01. The number of aliphatic hydroxyl groups excluding tert-OH is 2. The summed E-state index contributed by atoms with van der Waals surface area (Å²) in [6.07, 6.45) is 1.44. The van der Waals surface area contributed by atoms with Crippen molar-refractivity contribution in [1.82, 2.24) is 0 Å². The van der Waals surface area contributed by atoms with Gasteiger partial charge in [0.2, 0.25) is 0 Å². The summed E-state index contributed by atoms with van der Waals surface area (Å²) in [5, 5.41) is 17.2. The van der Waals surface area contributed by atoms with E-state index >= 15 is 0 Å². The fraction of sp³-hybridized carbons (Fsp3) is 0.769. The van der Waals surface area contributed by atoms with Gasteiger partial charge in [-0.3, -0.25) is 4.79 Å². The van der Waals surface area contributed by atoms with Gasteiger partial charge in [-0.2, -0.15) is 0 Å². The predicted octanol–water partition coefficient (Wildman–Crippen LogP) is 3.06. The van der Waals surface area contributed by atoms with Gasteiger partial charge >= 0.3 is 5.78 Å². The molecule has 0 saturated carbocycles. The Balaban J connectivity index is -0.000000440. The molecule has 0 aliphatic carbocycles. The van der Waals surface area contributed by atoms with Crippen molar-refractivity contribution in [2.24, 2.45) is 10.8 Å². The minimum atomic E-state index is -0.306. The fourth-order valence-electron chi connectivity index (χ4n) is 0.563. The van der Waals surface area contributed by atoms with Crippen LogP contribution in [-0.4, -0.2) is 27.4 Å². The Morgan fingerprint density at radius 1 is 1.06 bits per heavy atom. The van der Waals surface area contributed by atoms with E-state index in [1.165, 1.54) is 6.08 Å². The molecule has 3 N–H and O–H groups in total. The number of ketones is 1. The number of aliphatic hydroxyl groups is 2.